The van der Waals surface area contributed by atoms with Gasteiger partial charge in [0.2, 0.25) is 0 Å². The average molecular weight is 228 g/mol. The van der Waals surface area contributed by atoms with Gasteiger partial charge in [0, 0.05) is 23.5 Å². The Kier molecular flexibility index (Phi) is 2.07. The van der Waals surface area contributed by atoms with Gasteiger partial charge in [0.1, 0.15) is 5.75 Å². The fourth-order valence-corrected chi connectivity index (χ4v) is 1.72. The third-order valence-corrected chi connectivity index (χ3v) is 2.71. The Hall–Kier alpha value is -0.540. The molecule has 1 fully saturated rings. The maximum Gasteiger partial charge on any atom is 0.120 e. The quantitative estimate of drug-likeness (QED) is 0.768. The van der Waals surface area contributed by atoms with Gasteiger partial charge in [-0.15, -0.1) is 0 Å². The van der Waals surface area contributed by atoms with Crippen LogP contribution < -0.4 is 5.32 Å². The number of hydrogen-bond acceptors (Lipinski definition) is 2. The second kappa shape index (κ2) is 3.07. The molecule has 0 atom stereocenters. The molecule has 12 heavy (non-hydrogen) atoms. The molecule has 2 nitrogen and oxygen atoms in total. The highest BCUT2D eigenvalue weighted by Crippen LogP contribution is 2.30. The number of hydrogen-bond donors (Lipinski definition) is 2. The van der Waals surface area contributed by atoms with Crippen molar-refractivity contribution < 1.29 is 5.11 Å². The lowest BCUT2D eigenvalue weighted by Crippen LogP contribution is -2.39. The van der Waals surface area contributed by atoms with Crippen LogP contribution in [0.1, 0.15) is 11.5 Å². The molecule has 0 radical (unpaired) electrons. The summed E-state index contributed by atoms with van der Waals surface area (Å²) in [5, 5.41) is 12.7. The summed E-state index contributed by atoms with van der Waals surface area (Å²) in [4.78, 5) is 0. The zero-order chi connectivity index (χ0) is 8.55. The average Bonchev–Trinajstić information content (AvgIpc) is 1.91. The van der Waals surface area contributed by atoms with Crippen LogP contribution in [0, 0.1) is 0 Å². The molecule has 0 amide bonds. The molecule has 1 heterocycles. The van der Waals surface area contributed by atoms with Crippen LogP contribution in [0.3, 0.4) is 0 Å². The minimum Gasteiger partial charge on any atom is -0.508 e. The van der Waals surface area contributed by atoms with Crippen molar-refractivity contribution in [3.8, 4) is 5.75 Å². The molecule has 0 aliphatic carbocycles. The molecule has 0 bridgehead atoms. The smallest absolute Gasteiger partial charge is 0.120 e. The number of nitrogens with one attached hydrogen (secondary N) is 1. The Labute approximate surface area is 79.7 Å². The van der Waals surface area contributed by atoms with Crippen LogP contribution in [0.4, 0.5) is 0 Å². The second-order valence-electron chi connectivity index (χ2n) is 3.06. The molecule has 2 N–H and O–H groups in total. The lowest BCUT2D eigenvalue weighted by molar-refractivity contribution is 0.413. The van der Waals surface area contributed by atoms with E-state index < -0.39 is 0 Å². The number of aromatic hydroxyl groups is 1. The Morgan fingerprint density at radius 3 is 2.67 bits per heavy atom. The van der Waals surface area contributed by atoms with Crippen LogP contribution in [0.5, 0.6) is 5.75 Å². The van der Waals surface area contributed by atoms with Crippen LogP contribution in [0.2, 0.25) is 0 Å². The zero-order valence-electron chi connectivity index (χ0n) is 6.55. The van der Waals surface area contributed by atoms with E-state index in [2.05, 4.69) is 21.2 Å². The van der Waals surface area contributed by atoms with Gasteiger partial charge in [-0.1, -0.05) is 22.0 Å². The third kappa shape index (κ3) is 1.34. The van der Waals surface area contributed by atoms with Gasteiger partial charge in [0.25, 0.3) is 0 Å². The summed E-state index contributed by atoms with van der Waals surface area (Å²) >= 11 is 3.31. The summed E-state index contributed by atoms with van der Waals surface area (Å²) in [6, 6.07) is 5.69. The maximum atomic E-state index is 9.57. The number of halogens is 1. The molecule has 1 aromatic carbocycles. The fraction of sp³-hybridized carbons (Fsp3) is 0.333. The first-order valence-corrected chi connectivity index (χ1v) is 4.76. The Bertz CT molecular complexity index is 297. The van der Waals surface area contributed by atoms with E-state index >= 15 is 0 Å². The van der Waals surface area contributed by atoms with Crippen LogP contribution in [-0.2, 0) is 0 Å². The van der Waals surface area contributed by atoms with Crippen LogP contribution >= 0.6 is 15.9 Å². The van der Waals surface area contributed by atoms with E-state index in [0.717, 1.165) is 23.1 Å². The number of benzene rings is 1. The van der Waals surface area contributed by atoms with Gasteiger partial charge in [-0.2, -0.15) is 0 Å². The summed E-state index contributed by atoms with van der Waals surface area (Å²) in [6.45, 7) is 1.96. The molecule has 1 aliphatic rings. The fourth-order valence-electron chi connectivity index (χ4n) is 1.37. The highest BCUT2D eigenvalue weighted by atomic mass is 79.9. The van der Waals surface area contributed by atoms with E-state index in [1.165, 1.54) is 0 Å². The molecule has 0 saturated carbocycles. The molecule has 1 aliphatic heterocycles. The molecular weight excluding hydrogens is 218 g/mol. The van der Waals surface area contributed by atoms with E-state index in [9.17, 15) is 5.11 Å². The molecule has 0 aromatic heterocycles. The predicted octanol–water partition coefficient (Wildman–Crippen LogP) is 1.84. The molecule has 0 unspecified atom stereocenters. The lowest BCUT2D eigenvalue weighted by Gasteiger charge is -2.27. The summed E-state index contributed by atoms with van der Waals surface area (Å²) in [6.07, 6.45) is 0. The number of rotatable bonds is 1. The van der Waals surface area contributed by atoms with Gasteiger partial charge in [-0.25, -0.2) is 0 Å². The zero-order valence-corrected chi connectivity index (χ0v) is 8.13. The molecule has 0 spiro atoms. The summed E-state index contributed by atoms with van der Waals surface area (Å²) < 4.78 is 0.927. The van der Waals surface area contributed by atoms with Gasteiger partial charge in [-0.3, -0.25) is 0 Å². The van der Waals surface area contributed by atoms with Gasteiger partial charge in [-0.05, 0) is 17.7 Å². The van der Waals surface area contributed by atoms with Crippen molar-refractivity contribution in [3.63, 3.8) is 0 Å². The van der Waals surface area contributed by atoms with Crippen molar-refractivity contribution in [2.24, 2.45) is 0 Å². The second-order valence-corrected chi connectivity index (χ2v) is 3.97. The van der Waals surface area contributed by atoms with Crippen molar-refractivity contribution in [1.29, 1.82) is 0 Å². The van der Waals surface area contributed by atoms with Gasteiger partial charge in [0.05, 0.1) is 0 Å². The highest BCUT2D eigenvalue weighted by molar-refractivity contribution is 9.10. The standard InChI is InChI=1S/C9H10BrNO/c10-7-1-2-8(9(12)3-7)6-4-11-5-6/h1-3,6,11-12H,4-5H2. The van der Waals surface area contributed by atoms with E-state index in [-0.39, 0.29) is 0 Å². The first-order chi connectivity index (χ1) is 5.77. The first kappa shape index (κ1) is 8.08. The maximum absolute atomic E-state index is 9.57. The van der Waals surface area contributed by atoms with E-state index in [1.54, 1.807) is 6.07 Å². The van der Waals surface area contributed by atoms with Crippen molar-refractivity contribution in [3.05, 3.63) is 28.2 Å². The van der Waals surface area contributed by atoms with Crippen molar-refractivity contribution in [2.75, 3.05) is 13.1 Å². The van der Waals surface area contributed by atoms with Crippen LogP contribution in [0.15, 0.2) is 22.7 Å². The van der Waals surface area contributed by atoms with Crippen LogP contribution in [-0.4, -0.2) is 18.2 Å². The highest BCUT2D eigenvalue weighted by Gasteiger charge is 2.21. The van der Waals surface area contributed by atoms with Crippen LogP contribution in [0.25, 0.3) is 0 Å². The predicted molar refractivity (Wildman–Crippen MR) is 51.4 cm³/mol. The Morgan fingerprint density at radius 2 is 2.17 bits per heavy atom. The molecule has 2 rings (SSSR count). The van der Waals surface area contributed by atoms with Crippen molar-refractivity contribution >= 4 is 15.9 Å². The largest absolute Gasteiger partial charge is 0.508 e. The van der Waals surface area contributed by atoms with Crippen molar-refractivity contribution in [1.82, 2.24) is 5.32 Å². The van der Waals surface area contributed by atoms with Crippen molar-refractivity contribution in [2.45, 2.75) is 5.92 Å². The Balaban J connectivity index is 2.31. The summed E-state index contributed by atoms with van der Waals surface area (Å²) in [7, 11) is 0. The molecule has 1 saturated heterocycles. The van der Waals surface area contributed by atoms with Gasteiger partial charge < -0.3 is 10.4 Å². The molecule has 64 valence electrons. The summed E-state index contributed by atoms with van der Waals surface area (Å²) in [5.74, 6) is 0.897. The monoisotopic (exact) mass is 227 g/mol. The van der Waals surface area contributed by atoms with E-state index in [4.69, 9.17) is 0 Å². The van der Waals surface area contributed by atoms with E-state index in [0.29, 0.717) is 11.7 Å². The topological polar surface area (TPSA) is 32.3 Å². The molecular formula is C9H10BrNO. The summed E-state index contributed by atoms with van der Waals surface area (Å²) in [5.41, 5.74) is 1.05. The minimum absolute atomic E-state index is 0.399. The normalized spacial score (nSPS) is 17.4. The molecule has 3 heteroatoms. The number of phenols is 1. The SMILES string of the molecule is Oc1cc(Br)ccc1C1CNC1. The lowest BCUT2D eigenvalue weighted by atomic mass is 9.93. The third-order valence-electron chi connectivity index (χ3n) is 2.21. The van der Waals surface area contributed by atoms with Gasteiger partial charge in [0.15, 0.2) is 0 Å². The molecule has 1 aromatic rings. The first-order valence-electron chi connectivity index (χ1n) is 3.96. The Morgan fingerprint density at radius 1 is 1.42 bits per heavy atom. The van der Waals surface area contributed by atoms with Gasteiger partial charge >= 0.3 is 0 Å². The van der Waals surface area contributed by atoms with E-state index in [1.807, 2.05) is 12.1 Å². The number of phenolic OH excluding ortho intramolecular Hbond substituents is 1. The minimum atomic E-state index is 0.399.